The number of aromatic nitrogens is 1. The number of hydrogen-bond donors (Lipinski definition) is 3. The topological polar surface area (TPSA) is 91.2 Å². The first-order valence-corrected chi connectivity index (χ1v) is 9.40. The van der Waals surface area contributed by atoms with E-state index in [1.165, 1.54) is 0 Å². The third-order valence-corrected chi connectivity index (χ3v) is 5.68. The quantitative estimate of drug-likeness (QED) is 0.687. The summed E-state index contributed by atoms with van der Waals surface area (Å²) in [5.74, 6) is 3.60. The minimum Gasteiger partial charge on any atom is -0.366 e. The number of carbonyl (C=O) groups is 2. The lowest BCUT2D eigenvalue weighted by molar-refractivity contribution is -0.116. The number of aryl methyl sites for hydroxylation is 1. The van der Waals surface area contributed by atoms with Gasteiger partial charge in [-0.15, -0.1) is 0 Å². The number of nitrogens with one attached hydrogen (secondary N) is 2. The molecule has 0 spiro atoms. The molecule has 1 fully saturated rings. The highest BCUT2D eigenvalue weighted by atomic mass is 35.5. The standard InChI is InChI=1S/C20H22ClFN4O2/c1-4-5-15(27)25-14-9-26(7-6-10(14)2)19-13(22)8-12(20(23)28)18-16(19)17(21)11(3)24-18/h8,10,14,24H,6-7,9H2,1-3H3,(H2,23,28)(H,25,27)/t10?,14-/m1/s1. The number of rotatable bonds is 3. The van der Waals surface area contributed by atoms with Crippen molar-refractivity contribution in [2.45, 2.75) is 33.2 Å². The summed E-state index contributed by atoms with van der Waals surface area (Å²) in [6.45, 7) is 6.38. The van der Waals surface area contributed by atoms with Crippen molar-refractivity contribution in [3.05, 3.63) is 28.2 Å². The lowest BCUT2D eigenvalue weighted by Gasteiger charge is -2.39. The average molecular weight is 405 g/mol. The molecule has 0 bridgehead atoms. The van der Waals surface area contributed by atoms with Gasteiger partial charge >= 0.3 is 0 Å². The summed E-state index contributed by atoms with van der Waals surface area (Å²) in [5, 5.41) is 3.68. The Hall–Kier alpha value is -2.72. The number of piperidine rings is 1. The number of anilines is 1. The van der Waals surface area contributed by atoms with Crippen molar-refractivity contribution in [2.24, 2.45) is 11.7 Å². The van der Waals surface area contributed by atoms with Gasteiger partial charge in [-0.1, -0.05) is 24.4 Å². The van der Waals surface area contributed by atoms with Gasteiger partial charge in [0.25, 0.3) is 11.8 Å². The summed E-state index contributed by atoms with van der Waals surface area (Å²) in [7, 11) is 0. The molecule has 2 heterocycles. The van der Waals surface area contributed by atoms with E-state index in [2.05, 4.69) is 22.1 Å². The lowest BCUT2D eigenvalue weighted by atomic mass is 9.92. The second-order valence-electron chi connectivity index (χ2n) is 7.10. The summed E-state index contributed by atoms with van der Waals surface area (Å²) < 4.78 is 15.1. The highest BCUT2D eigenvalue weighted by Gasteiger charge is 2.31. The van der Waals surface area contributed by atoms with Crippen LogP contribution in [0.4, 0.5) is 10.1 Å². The maximum absolute atomic E-state index is 15.1. The van der Waals surface area contributed by atoms with Gasteiger partial charge in [0.1, 0.15) is 5.82 Å². The monoisotopic (exact) mass is 404 g/mol. The van der Waals surface area contributed by atoms with Crippen LogP contribution in [0.1, 0.15) is 36.3 Å². The molecule has 1 aromatic carbocycles. The van der Waals surface area contributed by atoms with Crippen LogP contribution in [0.15, 0.2) is 6.07 Å². The van der Waals surface area contributed by atoms with E-state index in [4.69, 9.17) is 17.3 Å². The van der Waals surface area contributed by atoms with E-state index in [0.29, 0.717) is 40.4 Å². The number of hydrogen-bond acceptors (Lipinski definition) is 3. The van der Waals surface area contributed by atoms with Gasteiger partial charge in [-0.3, -0.25) is 9.59 Å². The normalized spacial score (nSPS) is 19.2. The SMILES string of the molecule is CC#CC(=O)N[C@@H]1CN(c2c(F)cc(C(N)=O)c3[nH]c(C)c(Cl)c23)CCC1C. The van der Waals surface area contributed by atoms with Crippen molar-refractivity contribution in [3.8, 4) is 11.8 Å². The molecule has 8 heteroatoms. The number of aromatic amines is 1. The van der Waals surface area contributed by atoms with Crippen LogP contribution in [-0.4, -0.2) is 35.9 Å². The van der Waals surface area contributed by atoms with Crippen molar-refractivity contribution in [1.29, 1.82) is 0 Å². The Kier molecular flexibility index (Phi) is 5.52. The third kappa shape index (κ3) is 3.52. The number of primary amides is 1. The number of nitrogens with two attached hydrogens (primary N) is 1. The maximum atomic E-state index is 15.1. The van der Waals surface area contributed by atoms with Crippen molar-refractivity contribution in [1.82, 2.24) is 10.3 Å². The Morgan fingerprint density at radius 1 is 1.46 bits per heavy atom. The Balaban J connectivity index is 2.06. The fraction of sp³-hybridized carbons (Fsp3) is 0.400. The minimum absolute atomic E-state index is 0.0553. The van der Waals surface area contributed by atoms with E-state index in [-0.39, 0.29) is 23.4 Å². The van der Waals surface area contributed by atoms with Crippen molar-refractivity contribution in [2.75, 3.05) is 18.0 Å². The van der Waals surface area contributed by atoms with Crippen LogP contribution < -0.4 is 16.0 Å². The van der Waals surface area contributed by atoms with Crippen LogP contribution in [0, 0.1) is 30.5 Å². The Labute approximate surface area is 167 Å². The molecule has 1 unspecified atom stereocenters. The maximum Gasteiger partial charge on any atom is 0.296 e. The molecule has 0 radical (unpaired) electrons. The molecule has 2 aromatic rings. The predicted octanol–water partition coefficient (Wildman–Crippen LogP) is 2.72. The zero-order valence-corrected chi connectivity index (χ0v) is 16.7. The highest BCUT2D eigenvalue weighted by Crippen LogP contribution is 2.40. The molecule has 28 heavy (non-hydrogen) atoms. The highest BCUT2D eigenvalue weighted by molar-refractivity contribution is 6.38. The van der Waals surface area contributed by atoms with E-state index < -0.39 is 11.7 Å². The van der Waals surface area contributed by atoms with E-state index in [9.17, 15) is 9.59 Å². The van der Waals surface area contributed by atoms with Gasteiger partial charge in [0.15, 0.2) is 0 Å². The molecule has 0 aliphatic carbocycles. The first-order valence-electron chi connectivity index (χ1n) is 9.02. The number of H-pyrrole nitrogens is 1. The van der Waals surface area contributed by atoms with E-state index in [0.717, 1.165) is 12.5 Å². The predicted molar refractivity (Wildman–Crippen MR) is 108 cm³/mol. The van der Waals surface area contributed by atoms with Crippen LogP contribution in [0.2, 0.25) is 5.02 Å². The van der Waals surface area contributed by atoms with E-state index >= 15 is 4.39 Å². The molecule has 4 N–H and O–H groups in total. The molecular formula is C20H22ClFN4O2. The van der Waals surface area contributed by atoms with Crippen LogP contribution in [-0.2, 0) is 4.79 Å². The molecule has 1 aliphatic rings. The second-order valence-corrected chi connectivity index (χ2v) is 7.48. The van der Waals surface area contributed by atoms with Crippen LogP contribution in [0.3, 0.4) is 0 Å². The third-order valence-electron chi connectivity index (χ3n) is 5.21. The molecule has 2 atom stereocenters. The number of halogens is 2. The fourth-order valence-corrected chi connectivity index (χ4v) is 3.93. The van der Waals surface area contributed by atoms with Crippen molar-refractivity contribution in [3.63, 3.8) is 0 Å². The molecule has 1 saturated heterocycles. The summed E-state index contributed by atoms with van der Waals surface area (Å²) in [4.78, 5) is 28.6. The van der Waals surface area contributed by atoms with Gasteiger partial charge in [0, 0.05) is 30.2 Å². The van der Waals surface area contributed by atoms with Gasteiger partial charge in [-0.05, 0) is 38.2 Å². The zero-order chi connectivity index (χ0) is 20.6. The molecule has 3 rings (SSSR count). The zero-order valence-electron chi connectivity index (χ0n) is 16.0. The molecule has 6 nitrogen and oxygen atoms in total. The summed E-state index contributed by atoms with van der Waals surface area (Å²) >= 11 is 6.44. The Morgan fingerprint density at radius 3 is 2.82 bits per heavy atom. The largest absolute Gasteiger partial charge is 0.366 e. The lowest BCUT2D eigenvalue weighted by Crippen LogP contribution is -2.52. The minimum atomic E-state index is -0.732. The second kappa shape index (κ2) is 7.72. The van der Waals surface area contributed by atoms with Gasteiger partial charge in [-0.25, -0.2) is 4.39 Å². The van der Waals surface area contributed by atoms with Crippen LogP contribution in [0.25, 0.3) is 10.9 Å². The average Bonchev–Trinajstić information content (AvgIpc) is 2.92. The van der Waals surface area contributed by atoms with Gasteiger partial charge in [0.2, 0.25) is 0 Å². The summed E-state index contributed by atoms with van der Waals surface area (Å²) in [6.07, 6.45) is 0.754. The van der Waals surface area contributed by atoms with E-state index in [1.54, 1.807) is 13.8 Å². The number of carbonyl (C=O) groups excluding carboxylic acids is 2. The smallest absolute Gasteiger partial charge is 0.296 e. The van der Waals surface area contributed by atoms with Crippen LogP contribution in [0.5, 0.6) is 0 Å². The van der Waals surface area contributed by atoms with Gasteiger partial charge in [-0.2, -0.15) is 0 Å². The summed E-state index contributed by atoms with van der Waals surface area (Å²) in [5.41, 5.74) is 6.82. The fourth-order valence-electron chi connectivity index (χ4n) is 3.69. The molecule has 1 aliphatic heterocycles. The summed E-state index contributed by atoms with van der Waals surface area (Å²) in [6, 6.07) is 0.951. The van der Waals surface area contributed by atoms with Crippen LogP contribution >= 0.6 is 11.6 Å². The Morgan fingerprint density at radius 2 is 2.18 bits per heavy atom. The molecule has 0 saturated carbocycles. The number of nitrogens with zero attached hydrogens (tertiary/aromatic N) is 1. The Bertz CT molecular complexity index is 1020. The van der Waals surface area contributed by atoms with Gasteiger partial charge < -0.3 is 20.9 Å². The van der Waals surface area contributed by atoms with Crippen molar-refractivity contribution < 1.29 is 14.0 Å². The molecule has 1 aromatic heterocycles. The van der Waals surface area contributed by atoms with Gasteiger partial charge in [0.05, 0.1) is 21.8 Å². The number of fused-ring (bicyclic) bond motifs is 1. The molecule has 148 valence electrons. The van der Waals surface area contributed by atoms with Crippen molar-refractivity contribution >= 4 is 40.0 Å². The first kappa shape index (κ1) is 20.0. The first-order chi connectivity index (χ1) is 13.2. The number of benzene rings is 1. The van der Waals surface area contributed by atoms with E-state index in [1.807, 2.05) is 11.8 Å². The molecule has 2 amide bonds. The molecular weight excluding hydrogens is 383 g/mol. The number of amides is 2.